The minimum absolute atomic E-state index is 0.00475. The molecule has 3 N–H and O–H groups in total. The molecule has 36 heavy (non-hydrogen) atoms. The van der Waals surface area contributed by atoms with Crippen molar-refractivity contribution in [3.05, 3.63) is 77.9 Å². The van der Waals surface area contributed by atoms with Crippen molar-refractivity contribution < 1.29 is 22.7 Å². The number of para-hydroxylation sites is 1. The largest absolute Gasteiger partial charge is 0.495 e. The summed E-state index contributed by atoms with van der Waals surface area (Å²) in [6, 6.07) is 18.9. The highest BCUT2D eigenvalue weighted by Crippen LogP contribution is 2.37. The van der Waals surface area contributed by atoms with Gasteiger partial charge in [0.05, 0.1) is 24.2 Å². The Kier molecular flexibility index (Phi) is 7.70. The van der Waals surface area contributed by atoms with Crippen LogP contribution in [0, 0.1) is 0 Å². The Hall–Kier alpha value is -3.70. The molecule has 9 nitrogen and oxygen atoms in total. The number of nitrogens with zero attached hydrogens (tertiary/aromatic N) is 1. The molecule has 0 radical (unpaired) electrons. The van der Waals surface area contributed by atoms with E-state index in [1.165, 1.54) is 29.8 Å². The van der Waals surface area contributed by atoms with Gasteiger partial charge in [-0.3, -0.25) is 9.52 Å². The van der Waals surface area contributed by atoms with Crippen molar-refractivity contribution >= 4 is 45.1 Å². The number of hydrogen-bond acceptors (Lipinski definition) is 6. The van der Waals surface area contributed by atoms with Gasteiger partial charge in [-0.15, -0.1) is 11.8 Å². The average molecular weight is 527 g/mol. The van der Waals surface area contributed by atoms with Gasteiger partial charge in [0.2, 0.25) is 5.91 Å². The second-order valence-electron chi connectivity index (χ2n) is 8.10. The molecule has 4 rings (SSSR count). The molecule has 1 aliphatic rings. The molecule has 0 aliphatic carbocycles. The maximum absolute atomic E-state index is 13.1. The van der Waals surface area contributed by atoms with Crippen LogP contribution >= 0.6 is 11.8 Å². The third kappa shape index (κ3) is 5.92. The third-order valence-electron chi connectivity index (χ3n) is 5.47. The van der Waals surface area contributed by atoms with E-state index in [4.69, 9.17) is 4.74 Å². The van der Waals surface area contributed by atoms with Crippen LogP contribution in [0.1, 0.15) is 11.1 Å². The Labute approximate surface area is 214 Å². The fraction of sp³-hybridized carbons (Fsp3) is 0.200. The van der Waals surface area contributed by atoms with Gasteiger partial charge in [0, 0.05) is 25.0 Å². The van der Waals surface area contributed by atoms with Crippen LogP contribution in [0.5, 0.6) is 5.75 Å². The first-order valence-electron chi connectivity index (χ1n) is 11.0. The summed E-state index contributed by atoms with van der Waals surface area (Å²) in [4.78, 5) is 26.8. The zero-order chi connectivity index (χ0) is 25.7. The van der Waals surface area contributed by atoms with Gasteiger partial charge in [-0.25, -0.2) is 13.2 Å². The predicted molar refractivity (Wildman–Crippen MR) is 140 cm³/mol. The zero-order valence-electron chi connectivity index (χ0n) is 19.8. The molecule has 1 heterocycles. The van der Waals surface area contributed by atoms with Gasteiger partial charge in [-0.05, 0) is 35.4 Å². The Morgan fingerprint density at radius 1 is 1.11 bits per heavy atom. The summed E-state index contributed by atoms with van der Waals surface area (Å²) in [7, 11) is -0.906. The number of nitrogens with one attached hydrogen (secondary N) is 3. The fourth-order valence-electron chi connectivity index (χ4n) is 3.68. The predicted octanol–water partition coefficient (Wildman–Crippen LogP) is 3.88. The van der Waals surface area contributed by atoms with Gasteiger partial charge in [-0.1, -0.05) is 42.5 Å². The third-order valence-corrected chi connectivity index (χ3v) is 7.93. The van der Waals surface area contributed by atoms with Gasteiger partial charge in [0.25, 0.3) is 10.0 Å². The van der Waals surface area contributed by atoms with Crippen molar-refractivity contribution in [1.82, 2.24) is 10.2 Å². The molecular formula is C25H26N4O5S2. The molecule has 3 amide bonds. The highest BCUT2D eigenvalue weighted by atomic mass is 32.2. The number of anilines is 2. The van der Waals surface area contributed by atoms with Crippen LogP contribution in [0.25, 0.3) is 0 Å². The van der Waals surface area contributed by atoms with E-state index in [0.29, 0.717) is 29.4 Å². The van der Waals surface area contributed by atoms with E-state index in [1.54, 1.807) is 37.4 Å². The lowest BCUT2D eigenvalue weighted by atomic mass is 10.1. The molecule has 0 spiro atoms. The number of rotatable bonds is 9. The highest BCUT2D eigenvalue weighted by Gasteiger charge is 2.25. The van der Waals surface area contributed by atoms with E-state index in [0.717, 1.165) is 11.1 Å². The second kappa shape index (κ2) is 10.9. The van der Waals surface area contributed by atoms with Crippen LogP contribution in [-0.2, 0) is 27.9 Å². The number of thioether (sulfide) groups is 1. The lowest BCUT2D eigenvalue weighted by Crippen LogP contribution is -2.35. The van der Waals surface area contributed by atoms with Crippen LogP contribution in [0.15, 0.2) is 76.5 Å². The van der Waals surface area contributed by atoms with Gasteiger partial charge in [-0.2, -0.15) is 0 Å². The minimum Gasteiger partial charge on any atom is -0.495 e. The molecule has 3 aromatic carbocycles. The number of sulfonamides is 1. The summed E-state index contributed by atoms with van der Waals surface area (Å²) in [5, 5.41) is 5.71. The van der Waals surface area contributed by atoms with Crippen molar-refractivity contribution in [3.63, 3.8) is 0 Å². The molecule has 11 heteroatoms. The van der Waals surface area contributed by atoms with E-state index < -0.39 is 10.0 Å². The molecule has 0 saturated carbocycles. The molecule has 0 atom stereocenters. The van der Waals surface area contributed by atoms with Crippen molar-refractivity contribution in [2.45, 2.75) is 22.9 Å². The van der Waals surface area contributed by atoms with Crippen molar-refractivity contribution in [3.8, 4) is 5.75 Å². The first kappa shape index (κ1) is 25.4. The van der Waals surface area contributed by atoms with E-state index in [9.17, 15) is 18.0 Å². The van der Waals surface area contributed by atoms with Crippen LogP contribution in [0.4, 0.5) is 16.2 Å². The fourth-order valence-corrected chi connectivity index (χ4v) is 5.82. The van der Waals surface area contributed by atoms with Crippen molar-refractivity contribution in [1.29, 1.82) is 0 Å². The van der Waals surface area contributed by atoms with Crippen LogP contribution < -0.4 is 20.1 Å². The Morgan fingerprint density at radius 3 is 2.58 bits per heavy atom. The first-order valence-corrected chi connectivity index (χ1v) is 13.5. The van der Waals surface area contributed by atoms with E-state index >= 15 is 0 Å². The van der Waals surface area contributed by atoms with Gasteiger partial charge < -0.3 is 20.3 Å². The molecule has 1 aliphatic heterocycles. The Morgan fingerprint density at radius 2 is 1.83 bits per heavy atom. The number of ether oxygens (including phenoxy) is 1. The highest BCUT2D eigenvalue weighted by molar-refractivity contribution is 8.00. The number of fused-ring (bicyclic) bond motifs is 1. The number of amides is 3. The molecule has 0 unspecified atom stereocenters. The number of carbonyl (C=O) groups excluding carboxylic acids is 2. The molecule has 0 fully saturated rings. The second-order valence-corrected chi connectivity index (χ2v) is 10.8. The lowest BCUT2D eigenvalue weighted by molar-refractivity contribution is -0.118. The van der Waals surface area contributed by atoms with Crippen LogP contribution in [0.2, 0.25) is 0 Å². The molecule has 0 bridgehead atoms. The first-order chi connectivity index (χ1) is 17.3. The number of urea groups is 1. The smallest absolute Gasteiger partial charge is 0.321 e. The molecule has 0 saturated heterocycles. The number of methoxy groups -OCH3 is 1. The summed E-state index contributed by atoms with van der Waals surface area (Å²) in [6.07, 6.45) is 0. The quantitative estimate of drug-likeness (QED) is 0.365. The standard InChI is InChI=1S/C25H26N4O5S2/c1-29-15-18-12-19(28-36(32,33)22-11-7-6-10-20(22)34-2)13-21(24(18)27-25(29)31)35-16-23(30)26-14-17-8-4-3-5-9-17/h3-13,28H,14-16H2,1-2H3,(H,26,30)(H,27,31). The number of hydrogen-bond donors (Lipinski definition) is 3. The SMILES string of the molecule is COc1ccccc1S(=O)(=O)Nc1cc2c(c(SCC(=O)NCc3ccccc3)c1)NC(=O)N(C)C2. The van der Waals surface area contributed by atoms with E-state index in [1.807, 2.05) is 30.3 Å². The minimum atomic E-state index is -3.96. The van der Waals surface area contributed by atoms with E-state index in [2.05, 4.69) is 15.4 Å². The van der Waals surface area contributed by atoms with Crippen molar-refractivity contribution in [2.24, 2.45) is 0 Å². The summed E-state index contributed by atoms with van der Waals surface area (Å²) in [6.45, 7) is 0.692. The summed E-state index contributed by atoms with van der Waals surface area (Å²) >= 11 is 1.22. The summed E-state index contributed by atoms with van der Waals surface area (Å²) in [5.74, 6) is 0.129. The Balaban J connectivity index is 1.56. The summed E-state index contributed by atoms with van der Waals surface area (Å²) in [5.41, 5.74) is 2.59. The molecular weight excluding hydrogens is 500 g/mol. The van der Waals surface area contributed by atoms with Crippen LogP contribution in [0.3, 0.4) is 0 Å². The average Bonchev–Trinajstić information content (AvgIpc) is 2.87. The lowest BCUT2D eigenvalue weighted by Gasteiger charge is -2.28. The number of benzene rings is 3. The number of carbonyl (C=O) groups is 2. The maximum atomic E-state index is 13.1. The topological polar surface area (TPSA) is 117 Å². The maximum Gasteiger partial charge on any atom is 0.321 e. The van der Waals surface area contributed by atoms with Crippen LogP contribution in [-0.4, -0.2) is 45.2 Å². The molecule has 3 aromatic rings. The monoisotopic (exact) mass is 526 g/mol. The zero-order valence-corrected chi connectivity index (χ0v) is 21.4. The van der Waals surface area contributed by atoms with Crippen molar-refractivity contribution in [2.75, 3.05) is 29.9 Å². The molecule has 0 aromatic heterocycles. The summed E-state index contributed by atoms with van der Waals surface area (Å²) < 4.78 is 34.1. The normalized spacial score (nSPS) is 12.9. The van der Waals surface area contributed by atoms with Gasteiger partial charge in [0.15, 0.2) is 0 Å². The molecule has 188 valence electrons. The van der Waals surface area contributed by atoms with E-state index in [-0.39, 0.29) is 28.3 Å². The van der Waals surface area contributed by atoms with Gasteiger partial charge >= 0.3 is 6.03 Å². The van der Waals surface area contributed by atoms with Gasteiger partial charge in [0.1, 0.15) is 10.6 Å². The Bertz CT molecular complexity index is 1380.